The fourth-order valence-corrected chi connectivity index (χ4v) is 3.99. The van der Waals surface area contributed by atoms with Crippen LogP contribution < -0.4 is 5.56 Å². The molecule has 4 rings (SSSR count). The van der Waals surface area contributed by atoms with E-state index in [0.29, 0.717) is 43.7 Å². The lowest BCUT2D eigenvalue weighted by atomic mass is 10.0. The molecule has 3 heterocycles. The predicted octanol–water partition coefficient (Wildman–Crippen LogP) is 0.763. The second-order valence-corrected chi connectivity index (χ2v) is 8.08. The maximum absolute atomic E-state index is 13.1. The van der Waals surface area contributed by atoms with Gasteiger partial charge < -0.3 is 9.80 Å². The Balaban J connectivity index is 1.48. The maximum Gasteiger partial charge on any atom is 0.274 e. The highest BCUT2D eigenvalue weighted by Gasteiger charge is 2.37. The molecule has 2 aliphatic heterocycles. The fourth-order valence-electron chi connectivity index (χ4n) is 3.99. The Labute approximate surface area is 183 Å². The lowest BCUT2D eigenvalue weighted by Gasteiger charge is -2.22. The van der Waals surface area contributed by atoms with Gasteiger partial charge in [0.05, 0.1) is 11.1 Å². The Morgan fingerprint density at radius 1 is 0.875 bits per heavy atom. The third-order valence-corrected chi connectivity index (χ3v) is 5.65. The van der Waals surface area contributed by atoms with E-state index < -0.39 is 5.91 Å². The number of hydrogen-bond donors (Lipinski definition) is 1. The zero-order valence-electron chi connectivity index (χ0n) is 17.8. The van der Waals surface area contributed by atoms with Crippen LogP contribution in [0.2, 0.25) is 0 Å². The Morgan fingerprint density at radius 3 is 2.16 bits per heavy atom. The van der Waals surface area contributed by atoms with Crippen molar-refractivity contribution in [1.82, 2.24) is 24.9 Å². The molecular formula is C22H23N5O5. The molecule has 0 saturated carbocycles. The fraction of sp³-hybridized carbons (Fsp3) is 0.364. The molecule has 166 valence electrons. The molecular weight excluding hydrogens is 414 g/mol. The van der Waals surface area contributed by atoms with E-state index in [0.717, 1.165) is 0 Å². The van der Waals surface area contributed by atoms with Gasteiger partial charge in [-0.25, -0.2) is 5.10 Å². The Hall–Kier alpha value is -3.82. The van der Waals surface area contributed by atoms with Gasteiger partial charge in [0.2, 0.25) is 0 Å². The minimum absolute atomic E-state index is 0.140. The van der Waals surface area contributed by atoms with Crippen LogP contribution in [0.25, 0.3) is 0 Å². The lowest BCUT2D eigenvalue weighted by molar-refractivity contribution is 0.0608. The van der Waals surface area contributed by atoms with Crippen molar-refractivity contribution in [2.24, 2.45) is 0 Å². The summed E-state index contributed by atoms with van der Waals surface area (Å²) < 4.78 is 0. The third-order valence-electron chi connectivity index (χ3n) is 5.65. The van der Waals surface area contributed by atoms with Gasteiger partial charge in [-0.1, -0.05) is 0 Å². The molecule has 1 saturated heterocycles. The third kappa shape index (κ3) is 3.79. The van der Waals surface area contributed by atoms with Crippen molar-refractivity contribution in [3.8, 4) is 0 Å². The number of carbonyl (C=O) groups excluding carboxylic acids is 4. The lowest BCUT2D eigenvalue weighted by Crippen LogP contribution is -2.38. The highest BCUT2D eigenvalue weighted by atomic mass is 16.2. The first kappa shape index (κ1) is 21.4. The summed E-state index contributed by atoms with van der Waals surface area (Å²) in [5.74, 6) is -1.31. The first-order valence-corrected chi connectivity index (χ1v) is 10.4. The maximum atomic E-state index is 13.1. The van der Waals surface area contributed by atoms with Crippen molar-refractivity contribution in [3.05, 3.63) is 63.1 Å². The van der Waals surface area contributed by atoms with E-state index in [9.17, 15) is 24.0 Å². The molecule has 0 bridgehead atoms. The van der Waals surface area contributed by atoms with Crippen LogP contribution in [0.15, 0.2) is 35.1 Å². The SMILES string of the molecule is CC(C)N1C(=O)c2ccc(C(=O)N3CCCN(C(=O)c4ccc(=O)[nH]n4)CC3)cc2C1=O. The number of H-pyrrole nitrogens is 1. The number of nitrogens with one attached hydrogen (secondary N) is 1. The molecule has 1 fully saturated rings. The van der Waals surface area contributed by atoms with Crippen LogP contribution in [0.1, 0.15) is 61.8 Å². The summed E-state index contributed by atoms with van der Waals surface area (Å²) in [7, 11) is 0. The number of hydrogen-bond acceptors (Lipinski definition) is 6. The van der Waals surface area contributed by atoms with E-state index in [-0.39, 0.29) is 40.6 Å². The number of imide groups is 1. The average molecular weight is 437 g/mol. The highest BCUT2D eigenvalue weighted by Crippen LogP contribution is 2.26. The van der Waals surface area contributed by atoms with Crippen molar-refractivity contribution in [2.75, 3.05) is 26.2 Å². The number of aromatic nitrogens is 2. The summed E-state index contributed by atoms with van der Waals surface area (Å²) in [6.07, 6.45) is 0.574. The van der Waals surface area contributed by atoms with Gasteiger partial charge in [0.25, 0.3) is 29.2 Å². The molecule has 0 atom stereocenters. The molecule has 1 aromatic carbocycles. The van der Waals surface area contributed by atoms with E-state index in [2.05, 4.69) is 10.2 Å². The van der Waals surface area contributed by atoms with Crippen LogP contribution >= 0.6 is 0 Å². The van der Waals surface area contributed by atoms with Crippen LogP contribution in [0.5, 0.6) is 0 Å². The molecule has 0 unspecified atom stereocenters. The molecule has 10 nitrogen and oxygen atoms in total. The van der Waals surface area contributed by atoms with Crippen molar-refractivity contribution in [3.63, 3.8) is 0 Å². The number of rotatable bonds is 3. The van der Waals surface area contributed by atoms with Crippen LogP contribution in [-0.4, -0.2) is 80.7 Å². The molecule has 10 heteroatoms. The number of fused-ring (bicyclic) bond motifs is 1. The van der Waals surface area contributed by atoms with Crippen LogP contribution in [0.4, 0.5) is 0 Å². The summed E-state index contributed by atoms with van der Waals surface area (Å²) >= 11 is 0. The largest absolute Gasteiger partial charge is 0.337 e. The van der Waals surface area contributed by atoms with Gasteiger partial charge in [-0.2, -0.15) is 5.10 Å². The van der Waals surface area contributed by atoms with E-state index in [4.69, 9.17) is 0 Å². The van der Waals surface area contributed by atoms with Gasteiger partial charge in [0, 0.05) is 43.9 Å². The smallest absolute Gasteiger partial charge is 0.274 e. The summed E-state index contributed by atoms with van der Waals surface area (Å²) in [5.41, 5.74) is 0.630. The molecule has 0 radical (unpaired) electrons. The van der Waals surface area contributed by atoms with Gasteiger partial charge in [0.15, 0.2) is 0 Å². The topological polar surface area (TPSA) is 124 Å². The van der Waals surface area contributed by atoms with Gasteiger partial charge in [-0.3, -0.25) is 28.9 Å². The van der Waals surface area contributed by atoms with Crippen LogP contribution in [0.3, 0.4) is 0 Å². The quantitative estimate of drug-likeness (QED) is 0.707. The summed E-state index contributed by atoms with van der Waals surface area (Å²) in [4.78, 5) is 66.4. The first-order valence-electron chi connectivity index (χ1n) is 10.4. The average Bonchev–Trinajstić information content (AvgIpc) is 2.93. The number of benzene rings is 1. The van der Waals surface area contributed by atoms with Crippen molar-refractivity contribution in [1.29, 1.82) is 0 Å². The molecule has 4 amide bonds. The second-order valence-electron chi connectivity index (χ2n) is 8.08. The second kappa shape index (κ2) is 8.37. The van der Waals surface area contributed by atoms with Crippen LogP contribution in [0, 0.1) is 0 Å². The molecule has 32 heavy (non-hydrogen) atoms. The van der Waals surface area contributed by atoms with Gasteiger partial charge >= 0.3 is 0 Å². The van der Waals surface area contributed by atoms with Gasteiger partial charge in [0.1, 0.15) is 5.69 Å². The Morgan fingerprint density at radius 2 is 1.53 bits per heavy atom. The standard InChI is InChI=1S/C22H23N5O5/c1-13(2)27-20(30)15-5-4-14(12-16(15)21(27)31)19(29)25-8-3-9-26(11-10-25)22(32)17-6-7-18(28)24-23-17/h4-7,12-13H,3,8-11H2,1-2H3,(H,24,28). The monoisotopic (exact) mass is 437 g/mol. The molecule has 2 aliphatic rings. The van der Waals surface area contributed by atoms with Gasteiger partial charge in [-0.15, -0.1) is 0 Å². The van der Waals surface area contributed by atoms with Crippen LogP contribution in [-0.2, 0) is 0 Å². The zero-order chi connectivity index (χ0) is 23.0. The number of aromatic amines is 1. The summed E-state index contributed by atoms with van der Waals surface area (Å²) in [6.45, 7) is 5.06. The number of carbonyl (C=O) groups is 4. The summed E-state index contributed by atoms with van der Waals surface area (Å²) in [6, 6.07) is 6.92. The first-order chi connectivity index (χ1) is 15.3. The molecule has 2 aromatic rings. The number of nitrogens with zero attached hydrogens (tertiary/aromatic N) is 4. The van der Waals surface area contributed by atoms with Crippen molar-refractivity contribution < 1.29 is 19.2 Å². The Bertz CT molecular complexity index is 1150. The molecule has 1 aromatic heterocycles. The minimum atomic E-state index is -0.393. The van der Waals surface area contributed by atoms with Crippen molar-refractivity contribution in [2.45, 2.75) is 26.3 Å². The number of amides is 4. The summed E-state index contributed by atoms with van der Waals surface area (Å²) in [5, 5.41) is 6.03. The normalized spacial score (nSPS) is 16.4. The predicted molar refractivity (Wildman–Crippen MR) is 113 cm³/mol. The van der Waals surface area contributed by atoms with Gasteiger partial charge in [-0.05, 0) is 44.5 Å². The minimum Gasteiger partial charge on any atom is -0.337 e. The zero-order valence-corrected chi connectivity index (χ0v) is 17.8. The molecule has 1 N–H and O–H groups in total. The van der Waals surface area contributed by atoms with Crippen molar-refractivity contribution >= 4 is 23.6 Å². The van der Waals surface area contributed by atoms with E-state index in [1.54, 1.807) is 29.7 Å². The van der Waals surface area contributed by atoms with E-state index >= 15 is 0 Å². The van der Waals surface area contributed by atoms with E-state index in [1.165, 1.54) is 29.2 Å². The highest BCUT2D eigenvalue weighted by molar-refractivity contribution is 6.22. The Kier molecular flexibility index (Phi) is 5.60. The molecule has 0 aliphatic carbocycles. The molecule has 0 spiro atoms. The van der Waals surface area contributed by atoms with E-state index in [1.807, 2.05) is 0 Å².